The Morgan fingerprint density at radius 2 is 1.02 bits per heavy atom. The summed E-state index contributed by atoms with van der Waals surface area (Å²) in [6.07, 6.45) is -6.61. The molecule has 39 nitrogen and oxygen atoms in total. The minimum atomic E-state index is -2.07. The van der Waals surface area contributed by atoms with Gasteiger partial charge in [-0.05, 0) is 76.9 Å². The first-order chi connectivity index (χ1) is 63.1. The number of aromatic hydroxyl groups is 1. The molecular formula is C90H113F3N18O21S. The van der Waals surface area contributed by atoms with E-state index in [4.69, 9.17) is 17.2 Å². The minimum Gasteiger partial charge on any atom is -0.508 e. The van der Waals surface area contributed by atoms with Crippen LogP contribution in [0.15, 0.2) is 128 Å². The zero-order valence-electron chi connectivity index (χ0n) is 74.0. The summed E-state index contributed by atoms with van der Waals surface area (Å²) in [7, 11) is 3.54. The highest BCUT2D eigenvalue weighted by Crippen LogP contribution is 2.29. The normalized spacial score (nSPS) is 24.7. The highest BCUT2D eigenvalue weighted by molar-refractivity contribution is 8.00. The molecule has 9 rings (SSSR count). The van der Waals surface area contributed by atoms with Gasteiger partial charge in [0.25, 0.3) is 0 Å². The Bertz CT molecular complexity index is 5220. The third kappa shape index (κ3) is 28.3. The van der Waals surface area contributed by atoms with Crippen LogP contribution in [0.2, 0.25) is 0 Å². The van der Waals surface area contributed by atoms with E-state index >= 15 is 51.9 Å². The van der Waals surface area contributed by atoms with Crippen LogP contribution in [0.25, 0.3) is 10.9 Å². The van der Waals surface area contributed by atoms with E-state index in [1.165, 1.54) is 58.4 Å². The number of nitrogens with one attached hydrogen (secondary N) is 10. The SMILES string of the molecule is CCCC[C@H]1C(=O)N2C[C@H](O)C[C@@H]2C(=O)N[C@@H](CC(=O)O)C(=O)N[C@@H](C(C)C)C(=O)N(C)[C@H](Cc2ccccc2)C(=O)N[C@H](CCC(N)=O)C(=O)N2C[C@H](O)C[C@@H]2C(=O)N[C@@H](Cc2c[nH]c3ccccc23)C(=O)N[C@@H](Cc2ccc(O)cc2)C(=O)N[C@@H](CN)C(=O)N[C@H](C(=O)NCC(N)=O)CSCC(=O)N[C@@H](Cc2cc(F)c(F)c(F)c2)C(=O)N(C)[C@@H](Cc2ccccc2)C(=O)N1C. The fraction of sp³-hybridized carbons (Fsp3) is 0.456. The summed E-state index contributed by atoms with van der Waals surface area (Å²) in [5.74, 6) is -26.8. The van der Waals surface area contributed by atoms with E-state index in [1.54, 1.807) is 91.9 Å². The lowest BCUT2D eigenvalue weighted by molar-refractivity contribution is -0.152. The molecule has 3 fully saturated rings. The standard InChI is InChI=1S/C90H113F3N18O21S/c1-7-8-23-67-89(131)111-44-55(114)38-70(111)85(127)103-63(39-75(118)119)81(123)106-77(47(2)3)90(132)108(5)68(34-48-17-11-9-12-18-48)83(125)100-60(28-29-72(95)115)87(129)110-43-54(113)37-69(110)84(126)102-62(36-52-41-97-59-22-16-15-21-56(52)59)80(122)101-61(32-50-24-26-53(112)27-25-50)79(121)104-65(40-94)82(124)105-66(78(120)98-42-73(96)116)45-133-46-74(117)99-64(33-51-30-57(91)76(93)58(92)31-51)86(128)109(6)71(88(130)107(67)4)35-49-19-13-10-14-20-49/h9-22,24-27,30-31,41,47,54-55,60-71,77,97,112-114H,7-8,23,28-29,32-40,42-46,94H2,1-6H3,(H2,95,115)(H2,96,116)(H,98,120)(H,99,117)(H,100,125)(H,101,122)(H,102,126)(H,103,127)(H,104,121)(H,105,124)(H,106,123)(H,118,119)/t54-,55-,60-,61+,62+,63+,64+,65+,66+,67+,68-,69-,70-,71+,77+/m1/s1. The first-order valence-corrected chi connectivity index (χ1v) is 44.4. The van der Waals surface area contributed by atoms with E-state index in [-0.39, 0.29) is 43.4 Å². The number of carboxylic acids is 1. The molecule has 43 heteroatoms. The number of fused-ring (bicyclic) bond motifs is 3. The number of carbonyl (C=O) groups excluding carboxylic acids is 16. The second-order valence-electron chi connectivity index (χ2n) is 33.5. The van der Waals surface area contributed by atoms with Gasteiger partial charge >= 0.3 is 5.97 Å². The number of phenols is 1. The number of para-hydroxylation sites is 1. The van der Waals surface area contributed by atoms with Crippen LogP contribution in [-0.2, 0) is 114 Å². The minimum absolute atomic E-state index is 0.151. The lowest BCUT2D eigenvalue weighted by Gasteiger charge is -2.38. The van der Waals surface area contributed by atoms with E-state index in [1.807, 2.05) is 0 Å². The molecule has 0 bridgehead atoms. The average Bonchev–Trinajstić information content (AvgIpc) is 1.69. The number of H-pyrrole nitrogens is 1. The third-order valence-corrected chi connectivity index (χ3v) is 24.3. The van der Waals surface area contributed by atoms with Crippen molar-refractivity contribution >= 4 is 123 Å². The van der Waals surface area contributed by atoms with Crippen LogP contribution < -0.4 is 65.1 Å². The highest BCUT2D eigenvalue weighted by Gasteiger charge is 2.48. The van der Waals surface area contributed by atoms with E-state index < -0.39 is 303 Å². The smallest absolute Gasteiger partial charge is 0.305 e. The summed E-state index contributed by atoms with van der Waals surface area (Å²) in [5, 5.41) is 66.6. The Kier molecular flexibility index (Phi) is 37.3. The van der Waals surface area contributed by atoms with Crippen molar-refractivity contribution in [1.29, 1.82) is 0 Å². The maximum absolute atomic E-state index is 15.7. The number of unbranched alkanes of at least 4 members (excludes halogenated alkanes) is 1. The number of halogens is 3. The Hall–Kier alpha value is -13.6. The number of hydrogen-bond donors (Lipinski definition) is 17. The number of hydrogen-bond acceptors (Lipinski definition) is 22. The number of carboxylic acid groups (broad SMARTS) is 1. The highest BCUT2D eigenvalue weighted by atomic mass is 32.2. The third-order valence-electron chi connectivity index (χ3n) is 23.3. The van der Waals surface area contributed by atoms with Gasteiger partial charge in [-0.1, -0.05) is 125 Å². The van der Waals surface area contributed by atoms with Crippen LogP contribution in [0.4, 0.5) is 13.2 Å². The van der Waals surface area contributed by atoms with Crippen LogP contribution in [-0.4, -0.2) is 300 Å². The average molecular weight is 1870 g/mol. The number of nitrogens with zero attached hydrogens (tertiary/aromatic N) is 5. The number of likely N-dealkylation sites (N-methyl/N-ethyl adjacent to an activating group) is 3. The summed E-state index contributed by atoms with van der Waals surface area (Å²) in [4.78, 5) is 257. The van der Waals surface area contributed by atoms with Gasteiger partial charge in [0, 0.05) is 115 Å². The number of aliphatic hydroxyl groups is 2. The Morgan fingerprint density at radius 3 is 1.59 bits per heavy atom. The molecule has 4 heterocycles. The Labute approximate surface area is 767 Å². The molecule has 0 spiro atoms. The lowest BCUT2D eigenvalue weighted by atomic mass is 9.98. The van der Waals surface area contributed by atoms with Crippen molar-refractivity contribution in [3.05, 3.63) is 173 Å². The van der Waals surface area contributed by atoms with Crippen molar-refractivity contribution in [2.24, 2.45) is 23.1 Å². The van der Waals surface area contributed by atoms with Crippen molar-refractivity contribution < 1.29 is 115 Å². The largest absolute Gasteiger partial charge is 0.508 e. The number of aromatic amines is 1. The number of thioether (sulfide) groups is 1. The van der Waals surface area contributed by atoms with E-state index in [2.05, 4.69) is 52.8 Å². The predicted molar refractivity (Wildman–Crippen MR) is 475 cm³/mol. The van der Waals surface area contributed by atoms with Crippen LogP contribution in [0, 0.1) is 23.4 Å². The molecule has 15 atom stereocenters. The Morgan fingerprint density at radius 1 is 0.519 bits per heavy atom. The van der Waals surface area contributed by atoms with Crippen LogP contribution in [0.3, 0.4) is 0 Å². The lowest BCUT2D eigenvalue weighted by Crippen LogP contribution is -2.62. The number of rotatable bonds is 23. The van der Waals surface area contributed by atoms with Gasteiger partial charge in [0.05, 0.1) is 30.9 Å². The molecule has 3 aliphatic heterocycles. The molecule has 5 aromatic carbocycles. The quantitative estimate of drug-likeness (QED) is 0.0308. The second-order valence-corrected chi connectivity index (χ2v) is 34.5. The number of aliphatic hydroxyl groups excluding tert-OH is 2. The Balaban J connectivity index is 1.13. The molecular weight excluding hydrogens is 1760 g/mol. The second kappa shape index (κ2) is 48.0. The number of carbonyl (C=O) groups is 17. The molecule has 1 aromatic heterocycles. The molecule has 0 saturated carbocycles. The van der Waals surface area contributed by atoms with Gasteiger partial charge in [0.2, 0.25) is 94.5 Å². The van der Waals surface area contributed by atoms with Crippen molar-refractivity contribution in [1.82, 2.24) is 77.3 Å². The molecule has 716 valence electrons. The summed E-state index contributed by atoms with van der Waals surface area (Å²) in [6, 6.07) is 6.50. The van der Waals surface area contributed by atoms with Gasteiger partial charge in [-0.25, -0.2) is 13.2 Å². The molecule has 20 N–H and O–H groups in total. The van der Waals surface area contributed by atoms with E-state index in [9.17, 15) is 63.2 Å². The monoisotopic (exact) mass is 1870 g/mol. The number of benzene rings is 5. The van der Waals surface area contributed by atoms with Crippen molar-refractivity contribution in [2.75, 3.05) is 58.8 Å². The van der Waals surface area contributed by atoms with Crippen LogP contribution in [0.5, 0.6) is 5.75 Å². The van der Waals surface area contributed by atoms with Gasteiger partial charge < -0.3 is 115 Å². The fourth-order valence-corrected chi connectivity index (χ4v) is 16.9. The zero-order valence-corrected chi connectivity index (χ0v) is 74.9. The van der Waals surface area contributed by atoms with Crippen LogP contribution in [0.1, 0.15) is 100.0 Å². The molecule has 0 unspecified atom stereocenters. The zero-order chi connectivity index (χ0) is 97.4. The number of aliphatic carboxylic acids is 1. The maximum atomic E-state index is 15.7. The molecule has 3 saturated heterocycles. The number of aromatic nitrogens is 1. The maximum Gasteiger partial charge on any atom is 0.305 e. The predicted octanol–water partition coefficient (Wildman–Crippen LogP) is -2.02. The summed E-state index contributed by atoms with van der Waals surface area (Å²) < 4.78 is 45.0. The van der Waals surface area contributed by atoms with Crippen LogP contribution >= 0.6 is 11.8 Å². The summed E-state index contributed by atoms with van der Waals surface area (Å²) >= 11 is 0.606. The fourth-order valence-electron chi connectivity index (χ4n) is 16.0. The molecule has 16 amide bonds. The number of amides is 16. The molecule has 6 aromatic rings. The molecule has 3 aliphatic rings. The van der Waals surface area contributed by atoms with Crippen molar-refractivity contribution in [3.63, 3.8) is 0 Å². The van der Waals surface area contributed by atoms with E-state index in [0.717, 1.165) is 31.5 Å². The number of primary amides is 2. The summed E-state index contributed by atoms with van der Waals surface area (Å²) in [5.41, 5.74) is 19.0. The molecule has 133 heavy (non-hydrogen) atoms. The van der Waals surface area contributed by atoms with Gasteiger partial charge in [-0.2, -0.15) is 0 Å². The number of nitrogens with two attached hydrogens (primary N) is 3. The van der Waals surface area contributed by atoms with Gasteiger partial charge in [-0.15, -0.1) is 11.8 Å². The molecule has 0 aliphatic carbocycles. The van der Waals surface area contributed by atoms with E-state index in [0.29, 0.717) is 57.9 Å². The van der Waals surface area contributed by atoms with Crippen molar-refractivity contribution in [2.45, 2.75) is 195 Å². The summed E-state index contributed by atoms with van der Waals surface area (Å²) in [6.45, 7) is 1.99. The number of phenolic OH excluding ortho intramolecular Hbond substituents is 1. The van der Waals surface area contributed by atoms with Crippen molar-refractivity contribution in [3.8, 4) is 5.75 Å². The van der Waals surface area contributed by atoms with Gasteiger partial charge in [-0.3, -0.25) is 81.5 Å². The van der Waals surface area contributed by atoms with Gasteiger partial charge in [0.1, 0.15) is 84.3 Å². The first kappa shape index (κ1) is 103. The first-order valence-electron chi connectivity index (χ1n) is 43.2. The van der Waals surface area contributed by atoms with Gasteiger partial charge in [0.15, 0.2) is 17.5 Å². The molecule has 0 radical (unpaired) electrons. The topological polar surface area (TPSA) is 589 Å².